The third kappa shape index (κ3) is 2.91. The maximum atomic E-state index is 13.3. The van der Waals surface area contributed by atoms with E-state index >= 15 is 0 Å². The van der Waals surface area contributed by atoms with Crippen LogP contribution in [0.2, 0.25) is 0 Å². The lowest BCUT2D eigenvalue weighted by molar-refractivity contribution is 0.587. The van der Waals surface area contributed by atoms with Crippen LogP contribution < -0.4 is 9.62 Å². The van der Waals surface area contributed by atoms with Crippen molar-refractivity contribution in [3.8, 4) is 0 Å². The van der Waals surface area contributed by atoms with Gasteiger partial charge in [-0.15, -0.1) is 0 Å². The summed E-state index contributed by atoms with van der Waals surface area (Å²) in [5.41, 5.74) is 1.49. The van der Waals surface area contributed by atoms with Crippen LogP contribution in [-0.4, -0.2) is 32.7 Å². The standard InChI is InChI=1S/C13H17FN4O2S/c1-9-12(8-15-2)13(17-16-9)21(19,20)18(3)11-6-4-5-10(14)7-11/h4-7,15H,8H2,1-3H3,(H,16,17). The summed E-state index contributed by atoms with van der Waals surface area (Å²) in [7, 11) is -0.763. The second-order valence-electron chi connectivity index (χ2n) is 4.62. The molecule has 0 atom stereocenters. The monoisotopic (exact) mass is 312 g/mol. The van der Waals surface area contributed by atoms with Crippen molar-refractivity contribution in [2.45, 2.75) is 18.5 Å². The topological polar surface area (TPSA) is 78.1 Å². The fraction of sp³-hybridized carbons (Fsp3) is 0.308. The summed E-state index contributed by atoms with van der Waals surface area (Å²) >= 11 is 0. The van der Waals surface area contributed by atoms with E-state index in [1.54, 1.807) is 14.0 Å². The van der Waals surface area contributed by atoms with Crippen molar-refractivity contribution in [3.63, 3.8) is 0 Å². The maximum absolute atomic E-state index is 13.3. The van der Waals surface area contributed by atoms with Gasteiger partial charge in [0.1, 0.15) is 5.82 Å². The molecule has 2 rings (SSSR count). The van der Waals surface area contributed by atoms with E-state index in [9.17, 15) is 12.8 Å². The van der Waals surface area contributed by atoms with Gasteiger partial charge in [0.05, 0.1) is 5.69 Å². The Kier molecular flexibility index (Phi) is 4.29. The second kappa shape index (κ2) is 5.82. The van der Waals surface area contributed by atoms with Gasteiger partial charge >= 0.3 is 0 Å². The normalized spacial score (nSPS) is 11.6. The zero-order valence-electron chi connectivity index (χ0n) is 12.0. The highest BCUT2D eigenvalue weighted by molar-refractivity contribution is 7.92. The minimum absolute atomic E-state index is 0.0545. The van der Waals surface area contributed by atoms with Gasteiger partial charge < -0.3 is 5.32 Å². The summed E-state index contributed by atoms with van der Waals surface area (Å²) in [6.45, 7) is 2.12. The summed E-state index contributed by atoms with van der Waals surface area (Å²) in [6.07, 6.45) is 0. The van der Waals surface area contributed by atoms with Crippen LogP contribution in [0.3, 0.4) is 0 Å². The lowest BCUT2D eigenvalue weighted by Crippen LogP contribution is -2.28. The van der Waals surface area contributed by atoms with Gasteiger partial charge in [-0.25, -0.2) is 4.39 Å². The molecule has 2 N–H and O–H groups in total. The second-order valence-corrected chi connectivity index (χ2v) is 6.50. The van der Waals surface area contributed by atoms with Crippen LogP contribution in [0.1, 0.15) is 11.3 Å². The van der Waals surface area contributed by atoms with Crippen LogP contribution in [0.5, 0.6) is 0 Å². The molecule has 1 heterocycles. The van der Waals surface area contributed by atoms with Gasteiger partial charge in [-0.05, 0) is 32.2 Å². The number of rotatable bonds is 5. The van der Waals surface area contributed by atoms with Crippen molar-refractivity contribution < 1.29 is 12.8 Å². The number of nitrogens with one attached hydrogen (secondary N) is 2. The third-order valence-corrected chi connectivity index (χ3v) is 4.92. The average Bonchev–Trinajstić information content (AvgIpc) is 2.80. The highest BCUT2D eigenvalue weighted by atomic mass is 32.2. The minimum atomic E-state index is -3.86. The lowest BCUT2D eigenvalue weighted by atomic mass is 10.3. The smallest absolute Gasteiger partial charge is 0.283 e. The van der Waals surface area contributed by atoms with Crippen LogP contribution in [0.15, 0.2) is 29.3 Å². The van der Waals surface area contributed by atoms with Gasteiger partial charge in [0.2, 0.25) is 5.03 Å². The van der Waals surface area contributed by atoms with Crippen molar-refractivity contribution >= 4 is 15.7 Å². The van der Waals surface area contributed by atoms with E-state index in [0.717, 1.165) is 10.4 Å². The first-order chi connectivity index (χ1) is 9.87. The van der Waals surface area contributed by atoms with E-state index in [1.807, 2.05) is 0 Å². The zero-order valence-corrected chi connectivity index (χ0v) is 12.8. The first-order valence-electron chi connectivity index (χ1n) is 6.31. The van der Waals surface area contributed by atoms with Crippen molar-refractivity contribution in [1.82, 2.24) is 15.5 Å². The SMILES string of the molecule is CNCc1c(S(=O)(=O)N(C)c2cccc(F)c2)n[nH]c1C. The van der Waals surface area contributed by atoms with Crippen LogP contribution >= 0.6 is 0 Å². The molecule has 0 amide bonds. The largest absolute Gasteiger partial charge is 0.316 e. The number of aromatic nitrogens is 2. The fourth-order valence-electron chi connectivity index (χ4n) is 1.97. The molecule has 1 aromatic heterocycles. The van der Waals surface area contributed by atoms with Crippen molar-refractivity contribution in [2.24, 2.45) is 0 Å². The molecule has 21 heavy (non-hydrogen) atoms. The van der Waals surface area contributed by atoms with Gasteiger partial charge in [-0.2, -0.15) is 13.5 Å². The molecule has 0 bridgehead atoms. The molecule has 0 aliphatic heterocycles. The first kappa shape index (κ1) is 15.5. The number of aryl methyl sites for hydroxylation is 1. The van der Waals surface area contributed by atoms with Gasteiger partial charge in [0.25, 0.3) is 10.0 Å². The summed E-state index contributed by atoms with van der Waals surface area (Å²) in [6, 6.07) is 5.41. The molecule has 6 nitrogen and oxygen atoms in total. The molecule has 8 heteroatoms. The summed E-state index contributed by atoms with van der Waals surface area (Å²) in [5, 5.41) is 9.42. The first-order valence-corrected chi connectivity index (χ1v) is 7.75. The van der Waals surface area contributed by atoms with E-state index in [0.29, 0.717) is 17.8 Å². The molecule has 2 aromatic rings. The molecule has 0 spiro atoms. The van der Waals surface area contributed by atoms with Crippen molar-refractivity contribution in [3.05, 3.63) is 41.3 Å². The Hall–Kier alpha value is -1.93. The third-order valence-electron chi connectivity index (χ3n) is 3.17. The maximum Gasteiger partial charge on any atom is 0.283 e. The van der Waals surface area contributed by atoms with E-state index in [-0.39, 0.29) is 10.7 Å². The van der Waals surface area contributed by atoms with E-state index in [2.05, 4.69) is 15.5 Å². The van der Waals surface area contributed by atoms with Crippen LogP contribution in [0.25, 0.3) is 0 Å². The number of hydrogen-bond donors (Lipinski definition) is 2. The van der Waals surface area contributed by atoms with Crippen LogP contribution in [0, 0.1) is 12.7 Å². The number of anilines is 1. The molecule has 0 saturated heterocycles. The number of sulfonamides is 1. The Morgan fingerprint density at radius 2 is 2.14 bits per heavy atom. The van der Waals surface area contributed by atoms with Crippen molar-refractivity contribution in [1.29, 1.82) is 0 Å². The predicted molar refractivity (Wildman–Crippen MR) is 78.1 cm³/mol. The number of halogens is 1. The number of hydrogen-bond acceptors (Lipinski definition) is 4. The highest BCUT2D eigenvalue weighted by Gasteiger charge is 2.28. The minimum Gasteiger partial charge on any atom is -0.316 e. The van der Waals surface area contributed by atoms with Gasteiger partial charge in [-0.3, -0.25) is 9.40 Å². The van der Waals surface area contributed by atoms with Crippen LogP contribution in [-0.2, 0) is 16.6 Å². The lowest BCUT2D eigenvalue weighted by Gasteiger charge is -2.19. The summed E-state index contributed by atoms with van der Waals surface area (Å²) in [4.78, 5) is 0. The predicted octanol–water partition coefficient (Wildman–Crippen LogP) is 1.40. The zero-order chi connectivity index (χ0) is 15.6. The number of H-pyrrole nitrogens is 1. The van der Waals surface area contributed by atoms with Gasteiger partial charge in [0, 0.05) is 24.8 Å². The molecular weight excluding hydrogens is 295 g/mol. The Morgan fingerprint density at radius 1 is 1.43 bits per heavy atom. The Bertz CT molecular complexity index is 742. The fourth-order valence-corrected chi connectivity index (χ4v) is 3.32. The molecule has 0 radical (unpaired) electrons. The van der Waals surface area contributed by atoms with E-state index in [4.69, 9.17) is 0 Å². The number of aromatic amines is 1. The highest BCUT2D eigenvalue weighted by Crippen LogP contribution is 2.24. The van der Waals surface area contributed by atoms with Gasteiger partial charge in [0.15, 0.2) is 0 Å². The molecule has 0 saturated carbocycles. The molecule has 0 aliphatic carbocycles. The Balaban J connectivity index is 2.47. The molecule has 1 aromatic carbocycles. The van der Waals surface area contributed by atoms with E-state index < -0.39 is 15.8 Å². The number of nitrogens with zero attached hydrogens (tertiary/aromatic N) is 2. The molecule has 0 fully saturated rings. The quantitative estimate of drug-likeness (QED) is 0.875. The summed E-state index contributed by atoms with van der Waals surface area (Å²) in [5.74, 6) is -0.497. The molecule has 0 unspecified atom stereocenters. The van der Waals surface area contributed by atoms with Crippen LogP contribution in [0.4, 0.5) is 10.1 Å². The average molecular weight is 312 g/mol. The number of benzene rings is 1. The summed E-state index contributed by atoms with van der Waals surface area (Å²) < 4.78 is 39.6. The van der Waals surface area contributed by atoms with Gasteiger partial charge in [-0.1, -0.05) is 6.07 Å². The molecular formula is C13H17FN4O2S. The Labute approximate surface area is 123 Å². The Morgan fingerprint density at radius 3 is 2.76 bits per heavy atom. The van der Waals surface area contributed by atoms with Crippen molar-refractivity contribution in [2.75, 3.05) is 18.4 Å². The van der Waals surface area contributed by atoms with E-state index in [1.165, 1.54) is 25.2 Å². The molecule has 0 aliphatic rings. The molecule has 114 valence electrons.